The fourth-order valence-corrected chi connectivity index (χ4v) is 2.11. The van der Waals surface area contributed by atoms with E-state index in [0.717, 1.165) is 16.7 Å². The Labute approximate surface area is 124 Å². The summed E-state index contributed by atoms with van der Waals surface area (Å²) >= 11 is 0. The highest BCUT2D eigenvalue weighted by Crippen LogP contribution is 2.34. The van der Waals surface area contributed by atoms with Crippen molar-refractivity contribution < 1.29 is 14.6 Å². The molecular weight excluding hydrogens is 264 g/mol. The minimum Gasteiger partial charge on any atom is -0.423 e. The normalized spacial score (nSPS) is 10.2. The van der Waals surface area contributed by atoms with Gasteiger partial charge in [-0.05, 0) is 30.5 Å². The Bertz CT molecular complexity index is 645. The van der Waals surface area contributed by atoms with Gasteiger partial charge >= 0.3 is 5.97 Å². The number of aliphatic hydroxyl groups is 1. The molecule has 0 heterocycles. The van der Waals surface area contributed by atoms with Crippen molar-refractivity contribution >= 4 is 5.97 Å². The molecule has 0 saturated heterocycles. The predicted molar refractivity (Wildman–Crippen MR) is 83.1 cm³/mol. The van der Waals surface area contributed by atoms with Crippen molar-refractivity contribution in [2.45, 2.75) is 13.3 Å². The standard InChI is InChI=1S/C18H18O3/c1-13(2)18(20)21-16-10-6-9-15(11-12-19)17(16)14-7-4-3-5-8-14/h3-10,19H,1,11-12H2,2H3. The monoisotopic (exact) mass is 282 g/mol. The number of hydrogen-bond donors (Lipinski definition) is 1. The summed E-state index contributed by atoms with van der Waals surface area (Å²) < 4.78 is 5.43. The topological polar surface area (TPSA) is 46.5 Å². The molecule has 0 aliphatic rings. The molecule has 108 valence electrons. The summed E-state index contributed by atoms with van der Waals surface area (Å²) in [7, 11) is 0. The summed E-state index contributed by atoms with van der Waals surface area (Å²) in [5, 5.41) is 9.23. The van der Waals surface area contributed by atoms with Crippen LogP contribution in [-0.4, -0.2) is 17.7 Å². The molecule has 21 heavy (non-hydrogen) atoms. The van der Waals surface area contributed by atoms with E-state index >= 15 is 0 Å². The van der Waals surface area contributed by atoms with Gasteiger partial charge in [-0.25, -0.2) is 4.79 Å². The third-order valence-corrected chi connectivity index (χ3v) is 3.11. The van der Waals surface area contributed by atoms with Gasteiger partial charge in [0, 0.05) is 17.7 Å². The summed E-state index contributed by atoms with van der Waals surface area (Å²) in [4.78, 5) is 11.8. The van der Waals surface area contributed by atoms with Gasteiger partial charge in [-0.15, -0.1) is 0 Å². The molecule has 0 aliphatic heterocycles. The van der Waals surface area contributed by atoms with E-state index < -0.39 is 5.97 Å². The number of carbonyl (C=O) groups excluding carboxylic acids is 1. The van der Waals surface area contributed by atoms with Crippen molar-refractivity contribution in [3.8, 4) is 16.9 Å². The van der Waals surface area contributed by atoms with Crippen LogP contribution in [0, 0.1) is 0 Å². The molecule has 0 atom stereocenters. The fraction of sp³-hybridized carbons (Fsp3) is 0.167. The van der Waals surface area contributed by atoms with Crippen LogP contribution in [0.25, 0.3) is 11.1 Å². The zero-order chi connectivity index (χ0) is 15.2. The number of rotatable bonds is 5. The average Bonchev–Trinajstić information content (AvgIpc) is 2.48. The van der Waals surface area contributed by atoms with Crippen LogP contribution in [0.2, 0.25) is 0 Å². The second kappa shape index (κ2) is 6.86. The van der Waals surface area contributed by atoms with E-state index in [-0.39, 0.29) is 6.61 Å². The number of hydrogen-bond acceptors (Lipinski definition) is 3. The first-order valence-corrected chi connectivity index (χ1v) is 6.79. The van der Waals surface area contributed by atoms with Gasteiger partial charge in [0.25, 0.3) is 0 Å². The van der Waals surface area contributed by atoms with Gasteiger partial charge in [0.15, 0.2) is 0 Å². The Kier molecular flexibility index (Phi) is 4.90. The maximum absolute atomic E-state index is 11.8. The zero-order valence-corrected chi connectivity index (χ0v) is 12.0. The van der Waals surface area contributed by atoms with E-state index in [0.29, 0.717) is 17.7 Å². The summed E-state index contributed by atoms with van der Waals surface area (Å²) in [6.07, 6.45) is 0.503. The Morgan fingerprint density at radius 1 is 1.14 bits per heavy atom. The SMILES string of the molecule is C=C(C)C(=O)Oc1cccc(CCO)c1-c1ccccc1. The van der Waals surface area contributed by atoms with Crippen LogP contribution >= 0.6 is 0 Å². The number of aliphatic hydroxyl groups excluding tert-OH is 1. The average molecular weight is 282 g/mol. The lowest BCUT2D eigenvalue weighted by Crippen LogP contribution is -2.10. The van der Waals surface area contributed by atoms with Crippen LogP contribution in [0.15, 0.2) is 60.7 Å². The van der Waals surface area contributed by atoms with E-state index in [1.54, 1.807) is 13.0 Å². The lowest BCUT2D eigenvalue weighted by atomic mass is 9.97. The lowest BCUT2D eigenvalue weighted by Gasteiger charge is -2.14. The third kappa shape index (κ3) is 3.58. The molecule has 0 spiro atoms. The molecule has 0 fully saturated rings. The van der Waals surface area contributed by atoms with Crippen LogP contribution in [-0.2, 0) is 11.2 Å². The third-order valence-electron chi connectivity index (χ3n) is 3.11. The van der Waals surface area contributed by atoms with Gasteiger partial charge in [-0.2, -0.15) is 0 Å². The maximum atomic E-state index is 11.8. The smallest absolute Gasteiger partial charge is 0.338 e. The van der Waals surface area contributed by atoms with Gasteiger partial charge < -0.3 is 9.84 Å². The first-order chi connectivity index (χ1) is 10.1. The van der Waals surface area contributed by atoms with E-state index in [2.05, 4.69) is 6.58 Å². The summed E-state index contributed by atoms with van der Waals surface area (Å²) in [6.45, 7) is 5.25. The first kappa shape index (κ1) is 15.0. The largest absolute Gasteiger partial charge is 0.423 e. The Morgan fingerprint density at radius 2 is 1.86 bits per heavy atom. The van der Waals surface area contributed by atoms with Gasteiger partial charge in [0.05, 0.1) is 0 Å². The molecule has 0 radical (unpaired) electrons. The first-order valence-electron chi connectivity index (χ1n) is 6.79. The summed E-state index contributed by atoms with van der Waals surface area (Å²) in [5.41, 5.74) is 3.07. The van der Waals surface area contributed by atoms with Gasteiger partial charge in [-0.1, -0.05) is 49.0 Å². The van der Waals surface area contributed by atoms with E-state index in [4.69, 9.17) is 4.74 Å². The zero-order valence-electron chi connectivity index (χ0n) is 12.0. The van der Waals surface area contributed by atoms with E-state index in [9.17, 15) is 9.90 Å². The minimum atomic E-state index is -0.451. The van der Waals surface area contributed by atoms with Crippen molar-refractivity contribution in [1.82, 2.24) is 0 Å². The second-order valence-electron chi connectivity index (χ2n) is 4.80. The van der Waals surface area contributed by atoms with Crippen LogP contribution in [0.3, 0.4) is 0 Å². The molecule has 2 aromatic carbocycles. The molecule has 0 bridgehead atoms. The molecular formula is C18H18O3. The summed E-state index contributed by atoms with van der Waals surface area (Å²) in [5.74, 6) is 0.0356. The van der Waals surface area contributed by atoms with Crippen LogP contribution in [0.5, 0.6) is 5.75 Å². The molecule has 2 rings (SSSR count). The van der Waals surface area contributed by atoms with Crippen LogP contribution in [0.4, 0.5) is 0 Å². The van der Waals surface area contributed by atoms with Crippen LogP contribution < -0.4 is 4.74 Å². The lowest BCUT2D eigenvalue weighted by molar-refractivity contribution is -0.130. The molecule has 3 nitrogen and oxygen atoms in total. The van der Waals surface area contributed by atoms with Crippen molar-refractivity contribution in [2.24, 2.45) is 0 Å². The predicted octanol–water partition coefficient (Wildman–Crippen LogP) is 3.37. The Balaban J connectivity index is 2.52. The van der Waals surface area contributed by atoms with Gasteiger partial charge in [0.1, 0.15) is 5.75 Å². The molecule has 0 saturated carbocycles. The molecule has 0 amide bonds. The Morgan fingerprint density at radius 3 is 2.48 bits per heavy atom. The molecule has 3 heteroatoms. The fourth-order valence-electron chi connectivity index (χ4n) is 2.11. The van der Waals surface area contributed by atoms with E-state index in [1.165, 1.54) is 0 Å². The number of esters is 1. The van der Waals surface area contributed by atoms with Gasteiger partial charge in [0.2, 0.25) is 0 Å². The number of carbonyl (C=O) groups is 1. The maximum Gasteiger partial charge on any atom is 0.338 e. The molecule has 0 aliphatic carbocycles. The van der Waals surface area contributed by atoms with Crippen LogP contribution in [0.1, 0.15) is 12.5 Å². The Hall–Kier alpha value is -2.39. The van der Waals surface area contributed by atoms with Gasteiger partial charge in [-0.3, -0.25) is 0 Å². The van der Waals surface area contributed by atoms with Crippen molar-refractivity contribution in [3.63, 3.8) is 0 Å². The summed E-state index contributed by atoms with van der Waals surface area (Å²) in [6, 6.07) is 15.2. The minimum absolute atomic E-state index is 0.0394. The van der Waals surface area contributed by atoms with Crippen molar-refractivity contribution in [2.75, 3.05) is 6.61 Å². The highest BCUT2D eigenvalue weighted by Gasteiger charge is 2.14. The second-order valence-corrected chi connectivity index (χ2v) is 4.80. The highest BCUT2D eigenvalue weighted by atomic mass is 16.5. The van der Waals surface area contributed by atoms with E-state index in [1.807, 2.05) is 42.5 Å². The highest BCUT2D eigenvalue weighted by molar-refractivity contribution is 5.90. The number of benzene rings is 2. The van der Waals surface area contributed by atoms with Crippen molar-refractivity contribution in [3.05, 3.63) is 66.2 Å². The number of ether oxygens (including phenoxy) is 1. The quantitative estimate of drug-likeness (QED) is 0.519. The van der Waals surface area contributed by atoms with Crippen molar-refractivity contribution in [1.29, 1.82) is 0 Å². The molecule has 0 aromatic heterocycles. The molecule has 0 unspecified atom stereocenters. The molecule has 2 aromatic rings. The molecule has 1 N–H and O–H groups in total.